The number of nitrogens with zero attached hydrogens (tertiary/aromatic N) is 1. The number of benzene rings is 1. The van der Waals surface area contributed by atoms with Crippen LogP contribution < -0.4 is 27.0 Å². The van der Waals surface area contributed by atoms with Gasteiger partial charge in [0.15, 0.2) is 0 Å². The fourth-order valence-electron chi connectivity index (χ4n) is 4.51. The molecule has 6 amide bonds. The van der Waals surface area contributed by atoms with Gasteiger partial charge in [-0.1, -0.05) is 12.1 Å². The minimum absolute atomic E-state index is 0.0438. The van der Waals surface area contributed by atoms with Gasteiger partial charge in [-0.2, -0.15) is 12.6 Å². The van der Waals surface area contributed by atoms with Crippen LogP contribution in [-0.4, -0.2) is 129 Å². The number of hydrogen-bond acceptors (Lipinski definition) is 12. The average molecular weight is 668 g/mol. The topological polar surface area (TPSA) is 302 Å². The zero-order chi connectivity index (χ0) is 34.6. The molecule has 0 bridgehead atoms. The summed E-state index contributed by atoms with van der Waals surface area (Å²) in [6, 6.07) is 0.287. The Hall–Kier alpha value is -4.75. The molecule has 1 fully saturated rings. The first-order valence-electron chi connectivity index (χ1n) is 13.9. The molecule has 0 radical (unpaired) electrons. The van der Waals surface area contributed by atoms with Crippen molar-refractivity contribution in [2.24, 2.45) is 11.7 Å². The molecular weight excluding hydrogens is 630 g/mol. The molecule has 2 unspecified atom stereocenters. The molecule has 252 valence electrons. The van der Waals surface area contributed by atoms with Crippen molar-refractivity contribution >= 4 is 60.3 Å². The fourth-order valence-corrected chi connectivity index (χ4v) is 4.73. The normalized spacial score (nSPS) is 17.4. The molecule has 1 aliphatic heterocycles. The lowest BCUT2D eigenvalue weighted by atomic mass is 10.0. The van der Waals surface area contributed by atoms with Crippen LogP contribution in [0, 0.1) is 11.3 Å². The van der Waals surface area contributed by atoms with E-state index in [1.807, 2.05) is 0 Å². The molecular formula is C27H37N7O11S. The van der Waals surface area contributed by atoms with Crippen LogP contribution in [0.5, 0.6) is 5.75 Å². The van der Waals surface area contributed by atoms with Crippen LogP contribution in [0.3, 0.4) is 0 Å². The van der Waals surface area contributed by atoms with Gasteiger partial charge in [-0.3, -0.25) is 33.6 Å². The second kappa shape index (κ2) is 17.7. The Balaban J connectivity index is 2.07. The van der Waals surface area contributed by atoms with E-state index >= 15 is 0 Å². The van der Waals surface area contributed by atoms with Crippen molar-refractivity contribution in [2.45, 2.75) is 48.7 Å². The van der Waals surface area contributed by atoms with Crippen molar-refractivity contribution in [2.75, 3.05) is 26.3 Å². The molecule has 11 N–H and O–H groups in total. The third-order valence-corrected chi connectivity index (χ3v) is 7.55. The van der Waals surface area contributed by atoms with Gasteiger partial charge in [0.25, 0.3) is 0 Å². The summed E-state index contributed by atoms with van der Waals surface area (Å²) in [5.41, 5.74) is 5.67. The van der Waals surface area contributed by atoms with Crippen LogP contribution >= 0.6 is 12.6 Å². The van der Waals surface area contributed by atoms with E-state index in [-0.39, 0.29) is 25.1 Å². The summed E-state index contributed by atoms with van der Waals surface area (Å²) in [5.74, 6) is -8.45. The highest BCUT2D eigenvalue weighted by Gasteiger charge is 2.39. The molecule has 6 atom stereocenters. The number of rotatable bonds is 17. The van der Waals surface area contributed by atoms with Crippen molar-refractivity contribution in [3.63, 3.8) is 0 Å². The predicted octanol–water partition coefficient (Wildman–Crippen LogP) is -4.39. The van der Waals surface area contributed by atoms with Crippen LogP contribution in [0.1, 0.15) is 18.4 Å². The molecule has 2 rings (SSSR count). The summed E-state index contributed by atoms with van der Waals surface area (Å²) >= 11 is 3.78. The number of aromatic hydroxyl groups is 1. The number of carbonyl (C=O) groups excluding carboxylic acids is 6. The molecule has 18 nitrogen and oxygen atoms in total. The molecule has 1 aliphatic rings. The zero-order valence-electron chi connectivity index (χ0n) is 24.4. The Morgan fingerprint density at radius 2 is 1.59 bits per heavy atom. The number of primary amides is 1. The van der Waals surface area contributed by atoms with Crippen LogP contribution in [0.4, 0.5) is 0 Å². The van der Waals surface area contributed by atoms with E-state index in [1.165, 1.54) is 24.3 Å². The highest BCUT2D eigenvalue weighted by Crippen LogP contribution is 2.19. The van der Waals surface area contributed by atoms with Gasteiger partial charge in [-0.25, -0.2) is 0 Å². The van der Waals surface area contributed by atoms with Crippen molar-refractivity contribution in [1.29, 1.82) is 5.41 Å². The SMILES string of the molecule is N=CC(C(=O)N[C@@H](CO)C(=O)N1CCCC1C(=O)NCC(=O)N[C@@H](Cc1ccc(O)cc1)C(=O)N[C@@H](CO)C(N)=O)[C@H](S)C(=O)O. The first-order valence-corrected chi connectivity index (χ1v) is 14.4. The molecule has 46 heavy (non-hydrogen) atoms. The summed E-state index contributed by atoms with van der Waals surface area (Å²) in [6.45, 7) is -2.27. The van der Waals surface area contributed by atoms with E-state index in [4.69, 9.17) is 16.2 Å². The lowest BCUT2D eigenvalue weighted by Crippen LogP contribution is -2.57. The van der Waals surface area contributed by atoms with Crippen molar-refractivity contribution in [1.82, 2.24) is 26.2 Å². The third kappa shape index (κ3) is 10.4. The Morgan fingerprint density at radius 1 is 0.978 bits per heavy atom. The maximum absolute atomic E-state index is 13.1. The van der Waals surface area contributed by atoms with Crippen LogP contribution in [0.25, 0.3) is 0 Å². The van der Waals surface area contributed by atoms with E-state index in [1.54, 1.807) is 0 Å². The Labute approximate surface area is 268 Å². The molecule has 1 heterocycles. The van der Waals surface area contributed by atoms with Crippen molar-refractivity contribution in [3.05, 3.63) is 29.8 Å². The maximum Gasteiger partial charge on any atom is 0.317 e. The first kappa shape index (κ1) is 37.4. The number of aliphatic hydroxyl groups excluding tert-OH is 2. The molecule has 0 spiro atoms. The van der Waals surface area contributed by atoms with Crippen molar-refractivity contribution in [3.8, 4) is 5.75 Å². The zero-order valence-corrected chi connectivity index (χ0v) is 25.3. The smallest absolute Gasteiger partial charge is 0.317 e. The molecule has 1 aromatic carbocycles. The number of nitrogens with one attached hydrogen (secondary N) is 5. The number of nitrogens with two attached hydrogens (primary N) is 1. The third-order valence-electron chi connectivity index (χ3n) is 7.00. The second-order valence-electron chi connectivity index (χ2n) is 10.3. The summed E-state index contributed by atoms with van der Waals surface area (Å²) in [4.78, 5) is 88.1. The Morgan fingerprint density at radius 3 is 2.13 bits per heavy atom. The summed E-state index contributed by atoms with van der Waals surface area (Å²) < 4.78 is 0. The van der Waals surface area contributed by atoms with Crippen LogP contribution in [0.2, 0.25) is 0 Å². The quantitative estimate of drug-likeness (QED) is 0.0557. The lowest BCUT2D eigenvalue weighted by molar-refractivity contribution is -0.143. The molecule has 0 aliphatic carbocycles. The number of phenols is 1. The number of aliphatic carboxylic acids is 1. The highest BCUT2D eigenvalue weighted by atomic mass is 32.1. The predicted molar refractivity (Wildman–Crippen MR) is 161 cm³/mol. The van der Waals surface area contributed by atoms with Gasteiger partial charge in [0, 0.05) is 19.2 Å². The minimum atomic E-state index is -1.59. The van der Waals surface area contributed by atoms with Crippen LogP contribution in [-0.2, 0) is 40.0 Å². The number of aliphatic hydroxyl groups is 2. The number of phenolic OH excluding ortho intramolecular Hbond substituents is 1. The minimum Gasteiger partial charge on any atom is -0.508 e. The van der Waals surface area contributed by atoms with Gasteiger partial charge in [0.2, 0.25) is 35.4 Å². The monoisotopic (exact) mass is 667 g/mol. The number of thiol groups is 1. The van der Waals surface area contributed by atoms with E-state index in [0.29, 0.717) is 18.2 Å². The number of carbonyl (C=O) groups is 7. The van der Waals surface area contributed by atoms with Gasteiger partial charge in [-0.15, -0.1) is 0 Å². The number of carboxylic acids is 1. The van der Waals surface area contributed by atoms with E-state index < -0.39 is 96.5 Å². The highest BCUT2D eigenvalue weighted by molar-refractivity contribution is 7.81. The Bertz CT molecular complexity index is 1310. The summed E-state index contributed by atoms with van der Waals surface area (Å²) in [6.07, 6.45) is 0.970. The Kier molecular flexibility index (Phi) is 14.4. The number of hydrogen-bond donors (Lipinski definition) is 11. The molecule has 19 heteroatoms. The fraction of sp³-hybridized carbons (Fsp3) is 0.481. The van der Waals surface area contributed by atoms with Crippen molar-refractivity contribution < 1.29 is 54.0 Å². The molecule has 1 aromatic rings. The second-order valence-corrected chi connectivity index (χ2v) is 10.8. The van der Waals surface area contributed by atoms with E-state index in [2.05, 4.69) is 33.9 Å². The molecule has 0 saturated carbocycles. The number of amides is 6. The largest absolute Gasteiger partial charge is 0.508 e. The maximum atomic E-state index is 13.1. The number of likely N-dealkylation sites (tertiary alicyclic amines) is 1. The van der Waals surface area contributed by atoms with Crippen LogP contribution in [0.15, 0.2) is 24.3 Å². The summed E-state index contributed by atoms with van der Waals surface area (Å²) in [7, 11) is 0. The van der Waals surface area contributed by atoms with Gasteiger partial charge in [-0.05, 0) is 30.5 Å². The number of carboxylic acid groups (broad SMARTS) is 1. The first-order chi connectivity index (χ1) is 21.7. The average Bonchev–Trinajstić information content (AvgIpc) is 3.52. The lowest BCUT2D eigenvalue weighted by Gasteiger charge is -2.28. The van der Waals surface area contributed by atoms with E-state index in [9.17, 15) is 48.9 Å². The van der Waals surface area contributed by atoms with E-state index in [0.717, 1.165) is 4.90 Å². The molecule has 1 saturated heterocycles. The van der Waals surface area contributed by atoms with Gasteiger partial charge < -0.3 is 57.7 Å². The van der Waals surface area contributed by atoms with Gasteiger partial charge >= 0.3 is 5.97 Å². The van der Waals surface area contributed by atoms with Gasteiger partial charge in [0.05, 0.1) is 25.7 Å². The summed E-state index contributed by atoms with van der Waals surface area (Å²) in [5, 5.41) is 52.7. The van der Waals surface area contributed by atoms with Gasteiger partial charge in [0.1, 0.15) is 35.2 Å². The standard InChI is InChI=1S/C27H37N7O11S/c28-9-15(21(46)27(44)45)23(40)33-18(12-36)26(43)34-7-1-2-19(34)25(42)30-10-20(38)31-16(8-13-3-5-14(37)6-4-13)24(41)32-17(11-35)22(29)39/h3-6,9,15-19,21,28,35-37,46H,1-2,7-8,10-12H2,(H2,29,39)(H,30,42)(H,31,38)(H,32,41)(H,33,40)(H,44,45)/t15?,16-,17-,18-,19?,21-/m0/s1. The molecule has 0 aromatic heterocycles.